The fraction of sp³-hybridized carbons (Fsp3) is 0.941. The van der Waals surface area contributed by atoms with Gasteiger partial charge in [0.15, 0.2) is 0 Å². The summed E-state index contributed by atoms with van der Waals surface area (Å²) in [6.07, 6.45) is 6.71. The molecule has 0 fully saturated rings. The second kappa shape index (κ2) is 9.38. The Balaban J connectivity index is 3.87. The summed E-state index contributed by atoms with van der Waals surface area (Å²) in [6, 6.07) is 0. The zero-order valence-electron chi connectivity index (χ0n) is 14.7. The van der Waals surface area contributed by atoms with E-state index in [1.807, 2.05) is 0 Å². The largest absolute Gasteiger partial charge is 0.355 e. The molecule has 20 heavy (non-hydrogen) atoms. The van der Waals surface area contributed by atoms with E-state index in [-0.39, 0.29) is 11.3 Å². The lowest BCUT2D eigenvalue weighted by Crippen LogP contribution is -2.49. The van der Waals surface area contributed by atoms with E-state index >= 15 is 0 Å². The number of quaternary nitrogens is 1. The molecule has 120 valence electrons. The van der Waals surface area contributed by atoms with Crippen molar-refractivity contribution in [3.63, 3.8) is 0 Å². The van der Waals surface area contributed by atoms with Crippen LogP contribution in [0.3, 0.4) is 0 Å². The van der Waals surface area contributed by atoms with Crippen LogP contribution < -0.4 is 5.32 Å². The normalized spacial score (nSPS) is 12.5. The average Bonchev–Trinajstić information content (AvgIpc) is 2.35. The SMILES string of the molecule is CCCCCCCC(=O)NCC(C)(C)C[N+](C)(C)CC. The number of carbonyl (C=O) groups is 1. The summed E-state index contributed by atoms with van der Waals surface area (Å²) in [5, 5.41) is 3.11. The smallest absolute Gasteiger partial charge is 0.220 e. The second-order valence-corrected chi connectivity index (χ2v) is 7.52. The third-order valence-corrected chi connectivity index (χ3v) is 3.98. The molecule has 0 spiro atoms. The molecule has 0 aliphatic carbocycles. The quantitative estimate of drug-likeness (QED) is 0.456. The van der Waals surface area contributed by atoms with Crippen LogP contribution in [0.2, 0.25) is 0 Å². The van der Waals surface area contributed by atoms with E-state index in [2.05, 4.69) is 47.1 Å². The summed E-state index contributed by atoms with van der Waals surface area (Å²) in [6.45, 7) is 11.9. The molecule has 0 aromatic carbocycles. The highest BCUT2D eigenvalue weighted by Crippen LogP contribution is 2.18. The zero-order valence-corrected chi connectivity index (χ0v) is 14.7. The summed E-state index contributed by atoms with van der Waals surface area (Å²) < 4.78 is 1.000. The number of rotatable bonds is 11. The number of unbranched alkanes of at least 4 members (excludes halogenated alkanes) is 4. The van der Waals surface area contributed by atoms with Gasteiger partial charge >= 0.3 is 0 Å². The van der Waals surface area contributed by atoms with Gasteiger partial charge in [-0.2, -0.15) is 0 Å². The maximum Gasteiger partial charge on any atom is 0.220 e. The van der Waals surface area contributed by atoms with Crippen LogP contribution in [-0.4, -0.2) is 44.1 Å². The first-order valence-electron chi connectivity index (χ1n) is 8.31. The van der Waals surface area contributed by atoms with Gasteiger partial charge in [-0.1, -0.05) is 46.5 Å². The summed E-state index contributed by atoms with van der Waals surface area (Å²) in [5.41, 5.74) is 0.150. The van der Waals surface area contributed by atoms with E-state index < -0.39 is 0 Å². The van der Waals surface area contributed by atoms with Gasteiger partial charge < -0.3 is 9.80 Å². The Morgan fingerprint density at radius 1 is 1.05 bits per heavy atom. The predicted molar refractivity (Wildman–Crippen MR) is 87.7 cm³/mol. The Morgan fingerprint density at radius 2 is 1.65 bits per heavy atom. The highest BCUT2D eigenvalue weighted by Gasteiger charge is 2.27. The average molecular weight is 285 g/mol. The van der Waals surface area contributed by atoms with Crippen LogP contribution in [0, 0.1) is 5.41 Å². The first-order chi connectivity index (χ1) is 9.22. The minimum Gasteiger partial charge on any atom is -0.355 e. The van der Waals surface area contributed by atoms with Crippen LogP contribution >= 0.6 is 0 Å². The van der Waals surface area contributed by atoms with Crippen molar-refractivity contribution in [3.8, 4) is 0 Å². The molecule has 0 heterocycles. The van der Waals surface area contributed by atoms with E-state index in [0.29, 0.717) is 6.42 Å². The molecule has 3 heteroatoms. The van der Waals surface area contributed by atoms with Crippen LogP contribution in [0.5, 0.6) is 0 Å². The molecule has 0 atom stereocenters. The van der Waals surface area contributed by atoms with Gasteiger partial charge in [0.2, 0.25) is 5.91 Å². The van der Waals surface area contributed by atoms with Crippen molar-refractivity contribution in [1.82, 2.24) is 5.32 Å². The van der Waals surface area contributed by atoms with Crippen molar-refractivity contribution >= 4 is 5.91 Å². The molecule has 0 saturated carbocycles. The molecule has 0 aliphatic heterocycles. The summed E-state index contributed by atoms with van der Waals surface area (Å²) in [4.78, 5) is 11.8. The lowest BCUT2D eigenvalue weighted by Gasteiger charge is -2.36. The van der Waals surface area contributed by atoms with Gasteiger partial charge in [-0.05, 0) is 13.3 Å². The fourth-order valence-corrected chi connectivity index (χ4v) is 2.64. The number of amides is 1. The summed E-state index contributed by atoms with van der Waals surface area (Å²) in [7, 11) is 4.49. The topological polar surface area (TPSA) is 29.1 Å². The van der Waals surface area contributed by atoms with Crippen molar-refractivity contribution in [2.45, 2.75) is 66.2 Å². The predicted octanol–water partition coefficient (Wildman–Crippen LogP) is 3.59. The lowest BCUT2D eigenvalue weighted by atomic mass is 9.91. The molecule has 0 saturated heterocycles. The molecule has 0 unspecified atom stereocenters. The van der Waals surface area contributed by atoms with Crippen LogP contribution in [0.15, 0.2) is 0 Å². The Bertz CT molecular complexity index is 272. The first kappa shape index (κ1) is 19.4. The molecule has 0 radical (unpaired) electrons. The number of hydrogen-bond donors (Lipinski definition) is 1. The Hall–Kier alpha value is -0.570. The van der Waals surface area contributed by atoms with Gasteiger partial charge in [0.1, 0.15) is 0 Å². The van der Waals surface area contributed by atoms with Crippen molar-refractivity contribution in [3.05, 3.63) is 0 Å². The molecule has 0 aromatic heterocycles. The molecular formula is C17H37N2O+. The number of nitrogens with one attached hydrogen (secondary N) is 1. The van der Waals surface area contributed by atoms with Crippen LogP contribution in [0.1, 0.15) is 66.2 Å². The minimum atomic E-state index is 0.150. The highest BCUT2D eigenvalue weighted by molar-refractivity contribution is 5.75. The maximum atomic E-state index is 11.8. The van der Waals surface area contributed by atoms with Crippen molar-refractivity contribution in [1.29, 1.82) is 0 Å². The van der Waals surface area contributed by atoms with Gasteiger partial charge in [0, 0.05) is 18.4 Å². The van der Waals surface area contributed by atoms with E-state index in [0.717, 1.165) is 30.5 Å². The van der Waals surface area contributed by atoms with Gasteiger partial charge in [-0.3, -0.25) is 4.79 Å². The molecule has 0 rings (SSSR count). The van der Waals surface area contributed by atoms with Crippen molar-refractivity contribution in [2.24, 2.45) is 5.41 Å². The maximum absolute atomic E-state index is 11.8. The van der Waals surface area contributed by atoms with Gasteiger partial charge in [0.25, 0.3) is 0 Å². The van der Waals surface area contributed by atoms with Crippen molar-refractivity contribution < 1.29 is 9.28 Å². The molecule has 0 bridgehead atoms. The van der Waals surface area contributed by atoms with Crippen LogP contribution in [-0.2, 0) is 4.79 Å². The van der Waals surface area contributed by atoms with Gasteiger partial charge in [0.05, 0.1) is 27.2 Å². The summed E-state index contributed by atoms with van der Waals surface area (Å²) in [5.74, 6) is 0.219. The molecule has 1 N–H and O–H groups in total. The second-order valence-electron chi connectivity index (χ2n) is 7.52. The number of carbonyl (C=O) groups excluding carboxylic acids is 1. The lowest BCUT2D eigenvalue weighted by molar-refractivity contribution is -0.894. The van der Waals surface area contributed by atoms with Gasteiger partial charge in [-0.25, -0.2) is 0 Å². The molecule has 3 nitrogen and oxygen atoms in total. The minimum absolute atomic E-state index is 0.150. The Morgan fingerprint density at radius 3 is 2.20 bits per heavy atom. The van der Waals surface area contributed by atoms with E-state index in [4.69, 9.17) is 0 Å². The number of hydrogen-bond acceptors (Lipinski definition) is 1. The van der Waals surface area contributed by atoms with Crippen molar-refractivity contribution in [2.75, 3.05) is 33.7 Å². The number of nitrogens with zero attached hydrogens (tertiary/aromatic N) is 1. The van der Waals surface area contributed by atoms with Crippen LogP contribution in [0.4, 0.5) is 0 Å². The third-order valence-electron chi connectivity index (χ3n) is 3.98. The Labute approximate surface area is 126 Å². The highest BCUT2D eigenvalue weighted by atomic mass is 16.1. The zero-order chi connectivity index (χ0) is 15.6. The molecular weight excluding hydrogens is 248 g/mol. The Kier molecular flexibility index (Phi) is 9.11. The van der Waals surface area contributed by atoms with E-state index in [9.17, 15) is 4.79 Å². The van der Waals surface area contributed by atoms with E-state index in [1.165, 1.54) is 25.7 Å². The monoisotopic (exact) mass is 285 g/mol. The molecule has 0 aromatic rings. The molecule has 0 aliphatic rings. The van der Waals surface area contributed by atoms with E-state index in [1.54, 1.807) is 0 Å². The third kappa shape index (κ3) is 10.2. The summed E-state index contributed by atoms with van der Waals surface area (Å²) >= 11 is 0. The standard InChI is InChI=1S/C17H36N2O/c1-7-9-10-11-12-13-16(20)18-14-17(3,4)15-19(5,6)8-2/h7-15H2,1-6H3/p+1. The molecule has 1 amide bonds. The first-order valence-corrected chi connectivity index (χ1v) is 8.31. The van der Waals surface area contributed by atoms with Gasteiger partial charge in [-0.15, -0.1) is 0 Å². The van der Waals surface area contributed by atoms with Crippen LogP contribution in [0.25, 0.3) is 0 Å². The fourth-order valence-electron chi connectivity index (χ4n) is 2.64.